The maximum atomic E-state index is 12.2. The smallest absolute Gasteiger partial charge is 0.414 e. The molecule has 0 unspecified atom stereocenters. The minimum absolute atomic E-state index is 0.0923. The van der Waals surface area contributed by atoms with Crippen molar-refractivity contribution in [3.63, 3.8) is 0 Å². The Kier molecular flexibility index (Phi) is 8.51. The van der Waals surface area contributed by atoms with Crippen LogP contribution in [0.4, 0.5) is 4.79 Å². The van der Waals surface area contributed by atoms with Crippen molar-refractivity contribution in [1.29, 1.82) is 0 Å². The van der Waals surface area contributed by atoms with Crippen molar-refractivity contribution in [3.8, 4) is 0 Å². The Labute approximate surface area is 158 Å². The molecular formula is C20H25NO6. The molecule has 146 valence electrons. The number of carboxylic acid groups (broad SMARTS) is 1. The van der Waals surface area contributed by atoms with Crippen molar-refractivity contribution < 1.29 is 29.0 Å². The van der Waals surface area contributed by atoms with Crippen molar-refractivity contribution in [3.05, 3.63) is 47.7 Å². The fourth-order valence-electron chi connectivity index (χ4n) is 2.78. The van der Waals surface area contributed by atoms with Gasteiger partial charge in [-0.3, -0.25) is 9.69 Å². The zero-order valence-electron chi connectivity index (χ0n) is 15.3. The van der Waals surface area contributed by atoms with Gasteiger partial charge in [-0.1, -0.05) is 36.4 Å². The average Bonchev–Trinajstić information content (AvgIpc) is 2.65. The van der Waals surface area contributed by atoms with Crippen molar-refractivity contribution in [2.45, 2.75) is 32.1 Å². The summed E-state index contributed by atoms with van der Waals surface area (Å²) in [7, 11) is 0. The molecule has 1 amide bonds. The number of carbonyl (C=O) groups is 3. The molecule has 0 aromatic heterocycles. The van der Waals surface area contributed by atoms with E-state index in [0.29, 0.717) is 45.4 Å². The third kappa shape index (κ3) is 7.62. The Hall–Kier alpha value is -2.67. The number of ketones is 1. The van der Waals surface area contributed by atoms with Gasteiger partial charge in [0.2, 0.25) is 0 Å². The first kappa shape index (κ1) is 20.6. The number of hydrogen-bond donors (Lipinski definition) is 1. The van der Waals surface area contributed by atoms with Gasteiger partial charge in [-0.15, -0.1) is 0 Å². The summed E-state index contributed by atoms with van der Waals surface area (Å²) in [6.45, 7) is 0.772. The highest BCUT2D eigenvalue weighted by molar-refractivity contribution is 5.82. The van der Waals surface area contributed by atoms with Crippen LogP contribution >= 0.6 is 0 Å². The second kappa shape index (κ2) is 11.1. The molecule has 1 heterocycles. The van der Waals surface area contributed by atoms with Crippen molar-refractivity contribution in [2.75, 3.05) is 26.4 Å². The number of carbonyl (C=O) groups excluding carboxylic acids is 2. The standard InChI is InChI=1S/C20H25NO6/c22-18(14-16-6-2-1-3-7-16)9-8-17-10-13-27-20(25)21(17)11-4-5-12-26-15-19(23)24/h1-3,6-8H,4-5,9-15H2,(H,23,24). The normalized spacial score (nSPS) is 15.6. The molecule has 1 saturated heterocycles. The number of amides is 1. The number of Topliss-reactive ketones (excluding diaryl/α,β-unsaturated/α-hetero) is 1. The van der Waals surface area contributed by atoms with E-state index in [2.05, 4.69) is 0 Å². The number of benzene rings is 1. The number of aliphatic carboxylic acids is 1. The van der Waals surface area contributed by atoms with Crippen molar-refractivity contribution in [2.24, 2.45) is 0 Å². The molecule has 0 aliphatic carbocycles. The molecule has 7 nitrogen and oxygen atoms in total. The molecule has 27 heavy (non-hydrogen) atoms. The van der Waals surface area contributed by atoms with Gasteiger partial charge >= 0.3 is 12.1 Å². The number of ether oxygens (including phenoxy) is 2. The molecule has 2 rings (SSSR count). The second-order valence-electron chi connectivity index (χ2n) is 6.27. The summed E-state index contributed by atoms with van der Waals surface area (Å²) in [6, 6.07) is 9.55. The van der Waals surface area contributed by atoms with Crippen LogP contribution < -0.4 is 0 Å². The Balaban J connectivity index is 1.81. The zero-order valence-corrected chi connectivity index (χ0v) is 15.3. The molecule has 7 heteroatoms. The van der Waals surface area contributed by atoms with E-state index >= 15 is 0 Å². The molecule has 0 spiro atoms. The molecule has 1 aliphatic heterocycles. The van der Waals surface area contributed by atoms with Gasteiger partial charge in [0, 0.05) is 38.1 Å². The topological polar surface area (TPSA) is 93.1 Å². The van der Waals surface area contributed by atoms with E-state index in [-0.39, 0.29) is 18.8 Å². The molecule has 1 fully saturated rings. The van der Waals surface area contributed by atoms with Gasteiger partial charge in [-0.05, 0) is 18.4 Å². The predicted molar refractivity (Wildman–Crippen MR) is 98.2 cm³/mol. The van der Waals surface area contributed by atoms with Gasteiger partial charge in [0.1, 0.15) is 12.4 Å². The summed E-state index contributed by atoms with van der Waals surface area (Å²) in [5.41, 5.74) is 1.78. The molecule has 1 aromatic rings. The minimum atomic E-state index is -1.00. The summed E-state index contributed by atoms with van der Waals surface area (Å²) in [4.78, 5) is 36.1. The molecule has 0 saturated carbocycles. The summed E-state index contributed by atoms with van der Waals surface area (Å²) in [6.07, 6.45) is 3.92. The van der Waals surface area contributed by atoms with Crippen molar-refractivity contribution in [1.82, 2.24) is 4.90 Å². The van der Waals surface area contributed by atoms with E-state index in [0.717, 1.165) is 11.3 Å². The third-order valence-corrected chi connectivity index (χ3v) is 4.11. The molecule has 1 N–H and O–H groups in total. The number of hydrogen-bond acceptors (Lipinski definition) is 5. The average molecular weight is 375 g/mol. The lowest BCUT2D eigenvalue weighted by Gasteiger charge is -2.29. The van der Waals surface area contributed by atoms with Gasteiger partial charge in [0.05, 0.1) is 6.61 Å². The lowest BCUT2D eigenvalue weighted by molar-refractivity contribution is -0.142. The van der Waals surface area contributed by atoms with Crippen LogP contribution in [0.2, 0.25) is 0 Å². The SMILES string of the molecule is O=C(O)COCCCCN1C(=O)OCCC1=CCC(=O)Cc1ccccc1. The van der Waals surface area contributed by atoms with E-state index in [1.54, 1.807) is 4.90 Å². The Morgan fingerprint density at radius 3 is 2.74 bits per heavy atom. The molecule has 0 bridgehead atoms. The van der Waals surface area contributed by atoms with Crippen LogP contribution in [0.1, 0.15) is 31.2 Å². The van der Waals surface area contributed by atoms with E-state index in [1.165, 1.54) is 0 Å². The fourth-order valence-corrected chi connectivity index (χ4v) is 2.78. The third-order valence-electron chi connectivity index (χ3n) is 4.11. The van der Waals surface area contributed by atoms with E-state index in [4.69, 9.17) is 14.6 Å². The lowest BCUT2D eigenvalue weighted by atomic mass is 10.1. The van der Waals surface area contributed by atoms with Crippen LogP contribution in [0.15, 0.2) is 42.1 Å². The largest absolute Gasteiger partial charge is 0.480 e. The van der Waals surface area contributed by atoms with Gasteiger partial charge in [0.15, 0.2) is 0 Å². The van der Waals surface area contributed by atoms with E-state index in [9.17, 15) is 14.4 Å². The fraction of sp³-hybridized carbons (Fsp3) is 0.450. The molecule has 1 aliphatic rings. The quantitative estimate of drug-likeness (QED) is 0.598. The zero-order chi connectivity index (χ0) is 19.5. The second-order valence-corrected chi connectivity index (χ2v) is 6.27. The van der Waals surface area contributed by atoms with E-state index in [1.807, 2.05) is 36.4 Å². The first-order valence-corrected chi connectivity index (χ1v) is 9.04. The summed E-state index contributed by atoms with van der Waals surface area (Å²) in [5, 5.41) is 8.51. The van der Waals surface area contributed by atoms with Crippen LogP contribution in [-0.4, -0.2) is 54.2 Å². The van der Waals surface area contributed by atoms with Crippen LogP contribution in [0, 0.1) is 0 Å². The molecule has 0 atom stereocenters. The number of carboxylic acids is 1. The van der Waals surface area contributed by atoms with Gasteiger partial charge in [-0.25, -0.2) is 9.59 Å². The van der Waals surface area contributed by atoms with E-state index < -0.39 is 12.1 Å². The Bertz CT molecular complexity index is 670. The minimum Gasteiger partial charge on any atom is -0.480 e. The van der Waals surface area contributed by atoms with Crippen LogP contribution in [0.5, 0.6) is 0 Å². The predicted octanol–water partition coefficient (Wildman–Crippen LogP) is 2.80. The number of cyclic esters (lactones) is 1. The Morgan fingerprint density at radius 1 is 1.22 bits per heavy atom. The monoisotopic (exact) mass is 375 g/mol. The van der Waals surface area contributed by atoms with Gasteiger partial charge in [0.25, 0.3) is 0 Å². The van der Waals surface area contributed by atoms with Crippen LogP contribution in [0.3, 0.4) is 0 Å². The summed E-state index contributed by atoms with van der Waals surface area (Å²) < 4.78 is 10.1. The highest BCUT2D eigenvalue weighted by Crippen LogP contribution is 2.19. The molecule has 1 aromatic carbocycles. The molecular weight excluding hydrogens is 350 g/mol. The van der Waals surface area contributed by atoms with Gasteiger partial charge < -0.3 is 14.6 Å². The highest BCUT2D eigenvalue weighted by atomic mass is 16.6. The number of unbranched alkanes of at least 4 members (excludes halogenated alkanes) is 1. The first-order valence-electron chi connectivity index (χ1n) is 9.04. The first-order chi connectivity index (χ1) is 13.1. The van der Waals surface area contributed by atoms with Gasteiger partial charge in [-0.2, -0.15) is 0 Å². The molecule has 0 radical (unpaired) electrons. The maximum Gasteiger partial charge on any atom is 0.414 e. The summed E-state index contributed by atoms with van der Waals surface area (Å²) >= 11 is 0. The lowest BCUT2D eigenvalue weighted by Crippen LogP contribution is -2.37. The summed E-state index contributed by atoms with van der Waals surface area (Å²) in [5.74, 6) is -0.908. The van der Waals surface area contributed by atoms with Crippen LogP contribution in [-0.2, 0) is 25.5 Å². The van der Waals surface area contributed by atoms with Crippen LogP contribution in [0.25, 0.3) is 0 Å². The Morgan fingerprint density at radius 2 is 2.00 bits per heavy atom. The maximum absolute atomic E-state index is 12.2. The highest BCUT2D eigenvalue weighted by Gasteiger charge is 2.24. The number of rotatable bonds is 11. The van der Waals surface area contributed by atoms with Crippen molar-refractivity contribution >= 4 is 17.8 Å². The number of nitrogens with zero attached hydrogens (tertiary/aromatic N) is 1. The number of allylic oxidation sites excluding steroid dienone is 1.